The third kappa shape index (κ3) is 5.33. The van der Waals surface area contributed by atoms with Gasteiger partial charge in [-0.2, -0.15) is 5.10 Å². The quantitative estimate of drug-likeness (QED) is 0.383. The van der Waals surface area contributed by atoms with Crippen LogP contribution in [0.4, 0.5) is 14.5 Å². The monoisotopic (exact) mass is 580 g/mol. The maximum Gasteiger partial charge on any atom is 0.289 e. The number of halogens is 3. The minimum Gasteiger partial charge on any atom is -0.489 e. The van der Waals surface area contributed by atoms with Crippen LogP contribution >= 0.6 is 11.6 Å². The summed E-state index contributed by atoms with van der Waals surface area (Å²) >= 11 is 6.12. The molecule has 2 amide bonds. The third-order valence-corrected chi connectivity index (χ3v) is 7.23. The van der Waals surface area contributed by atoms with Gasteiger partial charge in [-0.05, 0) is 35.9 Å². The highest BCUT2D eigenvalue weighted by molar-refractivity contribution is 6.33. The van der Waals surface area contributed by atoms with Gasteiger partial charge in [0, 0.05) is 25.7 Å². The fourth-order valence-corrected chi connectivity index (χ4v) is 5.01. The van der Waals surface area contributed by atoms with Crippen LogP contribution in [-0.4, -0.2) is 67.7 Å². The van der Waals surface area contributed by atoms with E-state index in [1.165, 1.54) is 4.90 Å². The molecule has 0 aliphatic carbocycles. The van der Waals surface area contributed by atoms with Crippen LogP contribution in [0.15, 0.2) is 48.9 Å². The molecular weight excluding hydrogens is 558 g/mol. The van der Waals surface area contributed by atoms with Gasteiger partial charge >= 0.3 is 0 Å². The Labute approximate surface area is 237 Å². The van der Waals surface area contributed by atoms with Gasteiger partial charge in [0.15, 0.2) is 0 Å². The number of ether oxygens (including phenoxy) is 1. The van der Waals surface area contributed by atoms with Crippen molar-refractivity contribution in [2.24, 2.45) is 0 Å². The predicted molar refractivity (Wildman–Crippen MR) is 143 cm³/mol. The van der Waals surface area contributed by atoms with Crippen molar-refractivity contribution in [3.8, 4) is 17.0 Å². The first-order valence-electron chi connectivity index (χ1n) is 12.7. The zero-order valence-electron chi connectivity index (χ0n) is 21.7. The van der Waals surface area contributed by atoms with Crippen LogP contribution in [0.3, 0.4) is 0 Å². The molecular formula is C27H23ClF2N8O3. The van der Waals surface area contributed by atoms with E-state index in [0.29, 0.717) is 24.5 Å². The van der Waals surface area contributed by atoms with Crippen LogP contribution in [0.25, 0.3) is 11.3 Å². The van der Waals surface area contributed by atoms with E-state index in [1.807, 2.05) is 16.8 Å². The van der Waals surface area contributed by atoms with Crippen molar-refractivity contribution in [3.05, 3.63) is 82.8 Å². The van der Waals surface area contributed by atoms with E-state index in [1.54, 1.807) is 19.4 Å². The average molecular weight is 581 g/mol. The van der Waals surface area contributed by atoms with E-state index in [4.69, 9.17) is 16.3 Å². The first-order chi connectivity index (χ1) is 19.8. The van der Waals surface area contributed by atoms with Crippen molar-refractivity contribution in [2.45, 2.75) is 25.7 Å². The maximum absolute atomic E-state index is 14.4. The number of nitrogens with zero attached hydrogens (tertiary/aromatic N) is 7. The number of fused-ring (bicyclic) bond motifs is 2. The minimum absolute atomic E-state index is 0.0719. The molecule has 2 aromatic carbocycles. The van der Waals surface area contributed by atoms with E-state index in [9.17, 15) is 18.4 Å². The molecule has 0 unspecified atom stereocenters. The summed E-state index contributed by atoms with van der Waals surface area (Å²) in [6.45, 7) is 2.73. The van der Waals surface area contributed by atoms with Crippen LogP contribution in [0.1, 0.15) is 22.0 Å². The summed E-state index contributed by atoms with van der Waals surface area (Å²) in [5, 5.41) is 6.72. The van der Waals surface area contributed by atoms with E-state index in [0.717, 1.165) is 48.9 Å². The van der Waals surface area contributed by atoms with Gasteiger partial charge in [-0.25, -0.2) is 28.4 Å². The molecule has 6 rings (SSSR count). The Morgan fingerprint density at radius 3 is 2.88 bits per heavy atom. The molecule has 2 aliphatic heterocycles. The second-order valence-corrected chi connectivity index (χ2v) is 10.1. The normalized spacial score (nSPS) is 16.9. The molecule has 210 valence electrons. The topological polar surface area (TPSA) is 118 Å². The lowest BCUT2D eigenvalue weighted by atomic mass is 10.1. The first-order valence-corrected chi connectivity index (χ1v) is 13.1. The van der Waals surface area contributed by atoms with Crippen LogP contribution in [-0.2, 0) is 24.4 Å². The molecule has 4 heterocycles. The molecule has 0 fully saturated rings. The van der Waals surface area contributed by atoms with Crippen molar-refractivity contribution in [1.29, 1.82) is 0 Å². The summed E-state index contributed by atoms with van der Waals surface area (Å²) in [6.07, 6.45) is 2.67. The van der Waals surface area contributed by atoms with Crippen molar-refractivity contribution in [2.75, 3.05) is 25.1 Å². The summed E-state index contributed by atoms with van der Waals surface area (Å²) in [5.41, 5.74) is 1.17. The smallest absolute Gasteiger partial charge is 0.289 e. The second kappa shape index (κ2) is 10.8. The zero-order valence-corrected chi connectivity index (χ0v) is 22.5. The van der Waals surface area contributed by atoms with Crippen LogP contribution in [0, 0.1) is 11.6 Å². The first kappa shape index (κ1) is 26.7. The fourth-order valence-electron chi connectivity index (χ4n) is 4.82. The Kier molecular flexibility index (Phi) is 7.05. The molecule has 0 spiro atoms. The van der Waals surface area contributed by atoms with E-state index >= 15 is 0 Å². The number of hydrogen-bond donors (Lipinski definition) is 1. The van der Waals surface area contributed by atoms with Crippen LogP contribution in [0.5, 0.6) is 5.75 Å². The summed E-state index contributed by atoms with van der Waals surface area (Å²) < 4.78 is 35.9. The van der Waals surface area contributed by atoms with Gasteiger partial charge in [0.05, 0.1) is 35.7 Å². The molecule has 2 aromatic heterocycles. The number of nitrogens with one attached hydrogen (secondary N) is 1. The number of amides is 2. The summed E-state index contributed by atoms with van der Waals surface area (Å²) in [7, 11) is 1.60. The highest BCUT2D eigenvalue weighted by Crippen LogP contribution is 2.33. The minimum atomic E-state index is -1.06. The molecule has 0 saturated heterocycles. The number of carbonyl (C=O) groups excluding carboxylic acids is 2. The lowest BCUT2D eigenvalue weighted by molar-refractivity contribution is -0.120. The highest BCUT2D eigenvalue weighted by Gasteiger charge is 2.32. The Bertz CT molecular complexity index is 1670. The number of benzene rings is 2. The highest BCUT2D eigenvalue weighted by atomic mass is 35.5. The van der Waals surface area contributed by atoms with E-state index < -0.39 is 29.5 Å². The predicted octanol–water partition coefficient (Wildman–Crippen LogP) is 2.84. The standard InChI is InChI=1S/C27H23ClF2N8O3/c1-36-21-8-15(11-37-6-7-38-23(12-37)32-14-33-38)2-5-22(21)41-13-20(27(36)40)34-26(39)25-31-10-18(28)24(35-25)17-9-16(29)3-4-19(17)30/h2-5,8-10,14,20H,6-7,11-13H2,1H3,(H,34,39)/t20-/m0/s1. The molecule has 0 saturated carbocycles. The van der Waals surface area contributed by atoms with Crippen LogP contribution in [0.2, 0.25) is 5.02 Å². The number of carbonyl (C=O) groups is 2. The number of aromatic nitrogens is 5. The van der Waals surface area contributed by atoms with Gasteiger partial charge in [-0.3, -0.25) is 14.5 Å². The van der Waals surface area contributed by atoms with Crippen molar-refractivity contribution in [1.82, 2.24) is 34.9 Å². The average Bonchev–Trinajstić information content (AvgIpc) is 3.40. The molecule has 11 nitrogen and oxygen atoms in total. The third-order valence-electron chi connectivity index (χ3n) is 6.95. The largest absolute Gasteiger partial charge is 0.489 e. The van der Waals surface area contributed by atoms with Crippen molar-refractivity contribution >= 4 is 29.1 Å². The summed E-state index contributed by atoms with van der Waals surface area (Å²) in [4.78, 5) is 42.3. The Hall–Kier alpha value is -4.49. The lowest BCUT2D eigenvalue weighted by Crippen LogP contribution is -2.49. The molecule has 41 heavy (non-hydrogen) atoms. The second-order valence-electron chi connectivity index (χ2n) is 9.66. The number of anilines is 1. The molecule has 0 radical (unpaired) electrons. The Balaban J connectivity index is 1.17. The van der Waals surface area contributed by atoms with Gasteiger partial charge in [0.25, 0.3) is 11.8 Å². The lowest BCUT2D eigenvalue weighted by Gasteiger charge is -2.27. The van der Waals surface area contributed by atoms with Crippen molar-refractivity contribution < 1.29 is 23.1 Å². The van der Waals surface area contributed by atoms with E-state index in [-0.39, 0.29) is 28.7 Å². The fraction of sp³-hybridized carbons (Fsp3) is 0.259. The summed E-state index contributed by atoms with van der Waals surface area (Å²) in [5.74, 6) is -1.66. The molecule has 2 aliphatic rings. The summed E-state index contributed by atoms with van der Waals surface area (Å²) in [6, 6.07) is 7.37. The SMILES string of the molecule is CN1C(=O)[C@@H](NC(=O)c2ncc(Cl)c(-c3cc(F)ccc3F)n2)COc2ccc(CN3CCn4ncnc4C3)cc21. The van der Waals surface area contributed by atoms with Gasteiger partial charge in [-0.1, -0.05) is 17.7 Å². The Morgan fingerprint density at radius 2 is 2.02 bits per heavy atom. The molecule has 4 aromatic rings. The number of hydrogen-bond acceptors (Lipinski definition) is 8. The zero-order chi connectivity index (χ0) is 28.7. The number of rotatable bonds is 5. The molecule has 14 heteroatoms. The molecule has 1 N–H and O–H groups in total. The Morgan fingerprint density at radius 1 is 1.17 bits per heavy atom. The van der Waals surface area contributed by atoms with Crippen molar-refractivity contribution in [3.63, 3.8) is 0 Å². The molecule has 1 atom stereocenters. The van der Waals surface area contributed by atoms with Gasteiger partial charge in [-0.15, -0.1) is 0 Å². The van der Waals surface area contributed by atoms with Gasteiger partial charge in [0.1, 0.15) is 42.2 Å². The molecule has 0 bridgehead atoms. The van der Waals surface area contributed by atoms with Crippen LogP contribution < -0.4 is 15.0 Å². The van der Waals surface area contributed by atoms with Gasteiger partial charge in [0.2, 0.25) is 5.82 Å². The number of likely N-dealkylation sites (N-methyl/N-ethyl adjacent to an activating group) is 1. The maximum atomic E-state index is 14.4. The van der Waals surface area contributed by atoms with E-state index in [2.05, 4.69) is 30.3 Å². The van der Waals surface area contributed by atoms with Gasteiger partial charge < -0.3 is 15.0 Å².